The van der Waals surface area contributed by atoms with Crippen molar-refractivity contribution in [2.75, 3.05) is 20.7 Å². The molecule has 1 heterocycles. The van der Waals surface area contributed by atoms with Gasteiger partial charge in [0.25, 0.3) is 0 Å². The summed E-state index contributed by atoms with van der Waals surface area (Å²) in [5.41, 5.74) is 3.21. The molecule has 0 saturated heterocycles. The van der Waals surface area contributed by atoms with Gasteiger partial charge in [0.15, 0.2) is 0 Å². The lowest BCUT2D eigenvalue weighted by molar-refractivity contribution is 0.132. The Kier molecular flexibility index (Phi) is 6.55. The maximum atomic E-state index is 10.9. The molecule has 31 heavy (non-hydrogen) atoms. The standard InChI is InChI=1S/C26H28N2O3/c1-27-17-25(29)26(20-6-4-3-5-7-20)28-15-14-21-16-23(12-13-24(21)28)31-18-19-8-10-22(30-2)11-9-19/h3-16,25-27,29H,17-18H2,1-2H3. The summed E-state index contributed by atoms with van der Waals surface area (Å²) in [5, 5.41) is 15.0. The van der Waals surface area contributed by atoms with E-state index >= 15 is 0 Å². The zero-order chi connectivity index (χ0) is 21.6. The van der Waals surface area contributed by atoms with Gasteiger partial charge in [0, 0.05) is 23.6 Å². The zero-order valence-electron chi connectivity index (χ0n) is 17.9. The third-order valence-corrected chi connectivity index (χ3v) is 5.47. The summed E-state index contributed by atoms with van der Waals surface area (Å²) in [7, 11) is 3.51. The number of rotatable bonds is 9. The van der Waals surface area contributed by atoms with Crippen molar-refractivity contribution in [3.63, 3.8) is 0 Å². The molecule has 2 unspecified atom stereocenters. The summed E-state index contributed by atoms with van der Waals surface area (Å²) in [6.07, 6.45) is 1.48. The number of nitrogens with one attached hydrogen (secondary N) is 1. The Hall–Kier alpha value is -3.28. The van der Waals surface area contributed by atoms with Crippen LogP contribution in [0.3, 0.4) is 0 Å². The van der Waals surface area contributed by atoms with Crippen molar-refractivity contribution in [3.05, 3.63) is 96.2 Å². The summed E-state index contributed by atoms with van der Waals surface area (Å²) in [4.78, 5) is 0. The van der Waals surface area contributed by atoms with Crippen molar-refractivity contribution in [1.82, 2.24) is 9.88 Å². The highest BCUT2D eigenvalue weighted by Gasteiger charge is 2.23. The number of methoxy groups -OCH3 is 1. The summed E-state index contributed by atoms with van der Waals surface area (Å²) in [5.74, 6) is 1.65. The van der Waals surface area contributed by atoms with Crippen LogP contribution in [0.4, 0.5) is 0 Å². The Morgan fingerprint density at radius 3 is 2.39 bits per heavy atom. The molecule has 0 radical (unpaired) electrons. The fraction of sp³-hybridized carbons (Fsp3) is 0.231. The lowest BCUT2D eigenvalue weighted by atomic mass is 10.0. The normalized spacial score (nSPS) is 13.1. The average Bonchev–Trinajstić information content (AvgIpc) is 3.22. The van der Waals surface area contributed by atoms with Gasteiger partial charge in [-0.15, -0.1) is 0 Å². The van der Waals surface area contributed by atoms with Crippen LogP contribution >= 0.6 is 0 Å². The first kappa shape index (κ1) is 21.0. The summed E-state index contributed by atoms with van der Waals surface area (Å²) in [6.45, 7) is 0.992. The summed E-state index contributed by atoms with van der Waals surface area (Å²) in [6, 6.07) is 25.9. The van der Waals surface area contributed by atoms with Crippen LogP contribution in [-0.2, 0) is 6.61 Å². The van der Waals surface area contributed by atoms with Crippen LogP contribution in [0.2, 0.25) is 0 Å². The Balaban J connectivity index is 1.58. The minimum atomic E-state index is -0.561. The van der Waals surface area contributed by atoms with Crippen LogP contribution in [0.5, 0.6) is 11.5 Å². The first-order valence-corrected chi connectivity index (χ1v) is 10.4. The average molecular weight is 417 g/mol. The molecule has 0 aliphatic rings. The Morgan fingerprint density at radius 1 is 0.935 bits per heavy atom. The minimum Gasteiger partial charge on any atom is -0.497 e. The largest absolute Gasteiger partial charge is 0.497 e. The number of aliphatic hydroxyl groups is 1. The topological polar surface area (TPSA) is 55.7 Å². The predicted octanol–water partition coefficient (Wildman–Crippen LogP) is 4.40. The van der Waals surface area contributed by atoms with E-state index in [0.717, 1.165) is 33.5 Å². The van der Waals surface area contributed by atoms with Crippen LogP contribution in [0.1, 0.15) is 17.2 Å². The third-order valence-electron chi connectivity index (χ3n) is 5.47. The summed E-state index contributed by atoms with van der Waals surface area (Å²) < 4.78 is 13.3. The van der Waals surface area contributed by atoms with E-state index in [0.29, 0.717) is 13.2 Å². The van der Waals surface area contributed by atoms with Crippen LogP contribution in [-0.4, -0.2) is 36.5 Å². The molecule has 4 rings (SSSR count). The fourth-order valence-electron chi connectivity index (χ4n) is 3.90. The minimum absolute atomic E-state index is 0.183. The van der Waals surface area contributed by atoms with Gasteiger partial charge in [-0.25, -0.2) is 0 Å². The molecule has 3 aromatic carbocycles. The zero-order valence-corrected chi connectivity index (χ0v) is 17.9. The molecule has 5 nitrogen and oxygen atoms in total. The molecule has 0 spiro atoms. The number of hydrogen-bond donors (Lipinski definition) is 2. The highest BCUT2D eigenvalue weighted by Crippen LogP contribution is 2.30. The van der Waals surface area contributed by atoms with Crippen LogP contribution in [0, 0.1) is 0 Å². The third kappa shape index (κ3) is 4.74. The lowest BCUT2D eigenvalue weighted by Crippen LogP contribution is -2.33. The molecule has 2 N–H and O–H groups in total. The van der Waals surface area contributed by atoms with Crippen molar-refractivity contribution < 1.29 is 14.6 Å². The second-order valence-electron chi connectivity index (χ2n) is 7.56. The fourth-order valence-corrected chi connectivity index (χ4v) is 3.90. The Bertz CT molecular complexity index is 1110. The molecule has 5 heteroatoms. The van der Waals surface area contributed by atoms with Crippen molar-refractivity contribution in [1.29, 1.82) is 0 Å². The molecule has 0 bridgehead atoms. The molecule has 4 aromatic rings. The molecule has 0 saturated carbocycles. The van der Waals surface area contributed by atoms with Crippen molar-refractivity contribution >= 4 is 10.9 Å². The molecule has 160 valence electrons. The van der Waals surface area contributed by atoms with Gasteiger partial charge >= 0.3 is 0 Å². The number of ether oxygens (including phenoxy) is 2. The van der Waals surface area contributed by atoms with Crippen LogP contribution < -0.4 is 14.8 Å². The number of nitrogens with zero attached hydrogens (tertiary/aromatic N) is 1. The summed E-state index contributed by atoms with van der Waals surface area (Å²) >= 11 is 0. The second-order valence-corrected chi connectivity index (χ2v) is 7.56. The van der Waals surface area contributed by atoms with Gasteiger partial charge in [-0.05, 0) is 54.6 Å². The quantitative estimate of drug-likeness (QED) is 0.425. The number of aromatic nitrogens is 1. The van der Waals surface area contributed by atoms with E-state index in [1.807, 2.05) is 67.8 Å². The number of benzene rings is 3. The lowest BCUT2D eigenvalue weighted by Gasteiger charge is -2.26. The monoisotopic (exact) mass is 416 g/mol. The van der Waals surface area contributed by atoms with Gasteiger partial charge in [-0.3, -0.25) is 0 Å². The molecular weight excluding hydrogens is 388 g/mol. The van der Waals surface area contributed by atoms with E-state index in [9.17, 15) is 5.11 Å². The first-order chi connectivity index (χ1) is 15.2. The molecular formula is C26H28N2O3. The number of aliphatic hydroxyl groups excluding tert-OH is 1. The predicted molar refractivity (Wildman–Crippen MR) is 124 cm³/mol. The maximum Gasteiger partial charge on any atom is 0.120 e. The van der Waals surface area contributed by atoms with Crippen molar-refractivity contribution in [2.24, 2.45) is 0 Å². The maximum absolute atomic E-state index is 10.9. The van der Waals surface area contributed by atoms with Gasteiger partial charge in [-0.2, -0.15) is 0 Å². The number of likely N-dealkylation sites (N-methyl/N-ethyl adjacent to an activating group) is 1. The van der Waals surface area contributed by atoms with Gasteiger partial charge in [0.1, 0.15) is 18.1 Å². The van der Waals surface area contributed by atoms with Gasteiger partial charge in [0.05, 0.1) is 19.3 Å². The van der Waals surface area contributed by atoms with Crippen LogP contribution in [0.25, 0.3) is 10.9 Å². The number of fused-ring (bicyclic) bond motifs is 1. The molecule has 1 aromatic heterocycles. The smallest absolute Gasteiger partial charge is 0.120 e. The van der Waals surface area contributed by atoms with E-state index in [1.54, 1.807) is 7.11 Å². The van der Waals surface area contributed by atoms with E-state index in [4.69, 9.17) is 9.47 Å². The van der Waals surface area contributed by atoms with Crippen molar-refractivity contribution in [3.8, 4) is 11.5 Å². The van der Waals surface area contributed by atoms with Gasteiger partial charge in [-0.1, -0.05) is 42.5 Å². The number of hydrogen-bond acceptors (Lipinski definition) is 4. The van der Waals surface area contributed by atoms with E-state index in [-0.39, 0.29) is 6.04 Å². The van der Waals surface area contributed by atoms with Gasteiger partial charge in [0.2, 0.25) is 0 Å². The molecule has 0 aliphatic carbocycles. The molecule has 2 atom stereocenters. The van der Waals surface area contributed by atoms with E-state index in [1.165, 1.54) is 0 Å². The Morgan fingerprint density at radius 2 is 1.68 bits per heavy atom. The van der Waals surface area contributed by atoms with E-state index in [2.05, 4.69) is 34.1 Å². The van der Waals surface area contributed by atoms with Crippen LogP contribution in [0.15, 0.2) is 85.1 Å². The first-order valence-electron chi connectivity index (χ1n) is 10.4. The highest BCUT2D eigenvalue weighted by atomic mass is 16.5. The second kappa shape index (κ2) is 9.69. The van der Waals surface area contributed by atoms with Gasteiger partial charge < -0.3 is 24.5 Å². The SMILES string of the molecule is CNCC(O)C(c1ccccc1)n1ccc2cc(OCc3ccc(OC)cc3)ccc21. The molecule has 0 aliphatic heterocycles. The van der Waals surface area contributed by atoms with Crippen molar-refractivity contribution in [2.45, 2.75) is 18.8 Å². The Labute approximate surface area is 182 Å². The molecule has 0 fully saturated rings. The van der Waals surface area contributed by atoms with E-state index < -0.39 is 6.10 Å². The molecule has 0 amide bonds. The highest BCUT2D eigenvalue weighted by molar-refractivity contribution is 5.82.